The van der Waals surface area contributed by atoms with E-state index in [4.69, 9.17) is 24.1 Å². The quantitative estimate of drug-likeness (QED) is 0.573. The molecule has 0 aliphatic carbocycles. The summed E-state index contributed by atoms with van der Waals surface area (Å²) in [6.07, 6.45) is 0.108. The van der Waals surface area contributed by atoms with Gasteiger partial charge in [0.25, 0.3) is 0 Å². The Kier molecular flexibility index (Phi) is 9.33. The van der Waals surface area contributed by atoms with Gasteiger partial charge in [-0.2, -0.15) is 0 Å². The van der Waals surface area contributed by atoms with Gasteiger partial charge in [0.15, 0.2) is 6.29 Å². The maximum absolute atomic E-state index is 9.85. The second-order valence-electron chi connectivity index (χ2n) is 5.07. The molecule has 6 heteroatoms. The van der Waals surface area contributed by atoms with Gasteiger partial charge in [-0.15, -0.1) is 0 Å². The third-order valence-corrected chi connectivity index (χ3v) is 3.30. The van der Waals surface area contributed by atoms with Crippen LogP contribution in [0.5, 0.6) is 0 Å². The molecule has 1 fully saturated rings. The van der Waals surface area contributed by atoms with Gasteiger partial charge in [-0.1, -0.05) is 13.8 Å². The molecule has 4 atom stereocenters. The van der Waals surface area contributed by atoms with Crippen LogP contribution in [0.2, 0.25) is 0 Å². The Morgan fingerprint density at radius 3 is 2.40 bits per heavy atom. The lowest BCUT2D eigenvalue weighted by molar-refractivity contribution is -0.251. The predicted molar refractivity (Wildman–Crippen MR) is 73.4 cm³/mol. The number of hydrogen-bond acceptors (Lipinski definition) is 6. The zero-order valence-corrected chi connectivity index (χ0v) is 12.5. The average molecular weight is 292 g/mol. The number of rotatable bonds is 10. The first kappa shape index (κ1) is 17.8. The molecule has 4 unspecified atom stereocenters. The van der Waals surface area contributed by atoms with Crippen LogP contribution in [0.3, 0.4) is 0 Å². The van der Waals surface area contributed by atoms with Gasteiger partial charge in [-0.05, 0) is 6.42 Å². The molecular weight excluding hydrogens is 264 g/mol. The molecule has 120 valence electrons. The molecular formula is C14H28O6. The molecule has 20 heavy (non-hydrogen) atoms. The molecule has 0 bridgehead atoms. The molecule has 0 saturated carbocycles. The molecule has 0 spiro atoms. The molecule has 2 N–H and O–H groups in total. The molecule has 1 aliphatic heterocycles. The summed E-state index contributed by atoms with van der Waals surface area (Å²) in [5, 5.41) is 18.9. The van der Waals surface area contributed by atoms with Crippen molar-refractivity contribution in [2.24, 2.45) is 5.92 Å². The summed E-state index contributed by atoms with van der Waals surface area (Å²) in [7, 11) is 0. The van der Waals surface area contributed by atoms with Crippen LogP contribution in [0.25, 0.3) is 0 Å². The topological polar surface area (TPSA) is 77.4 Å². The van der Waals surface area contributed by atoms with E-state index in [0.717, 1.165) is 13.0 Å². The fraction of sp³-hybridized carbons (Fsp3) is 1.00. The molecule has 1 saturated heterocycles. The lowest BCUT2D eigenvalue weighted by Gasteiger charge is -2.37. The van der Waals surface area contributed by atoms with E-state index in [1.807, 2.05) is 6.92 Å². The van der Waals surface area contributed by atoms with Crippen molar-refractivity contribution in [2.45, 2.75) is 45.2 Å². The maximum Gasteiger partial charge on any atom is 0.163 e. The van der Waals surface area contributed by atoms with Crippen LogP contribution in [0, 0.1) is 5.92 Å². The molecule has 6 nitrogen and oxygen atoms in total. The summed E-state index contributed by atoms with van der Waals surface area (Å²) in [5.74, 6) is -0.106. The molecule has 1 aliphatic rings. The van der Waals surface area contributed by atoms with Gasteiger partial charge < -0.3 is 29.2 Å². The van der Waals surface area contributed by atoms with Gasteiger partial charge in [0.2, 0.25) is 0 Å². The summed E-state index contributed by atoms with van der Waals surface area (Å²) >= 11 is 0. The highest BCUT2D eigenvalue weighted by atomic mass is 16.7. The van der Waals surface area contributed by atoms with E-state index in [-0.39, 0.29) is 18.6 Å². The number of ether oxygens (including phenoxy) is 4. The SMILES string of the molecule is CCCOCCOCCOC1OC(CO)CC(O)C1C. The molecule has 0 aromatic carbocycles. The van der Waals surface area contributed by atoms with Crippen molar-refractivity contribution >= 4 is 0 Å². The summed E-state index contributed by atoms with van der Waals surface area (Å²) in [6.45, 7) is 6.59. The van der Waals surface area contributed by atoms with Crippen LogP contribution < -0.4 is 0 Å². The van der Waals surface area contributed by atoms with Gasteiger partial charge in [-0.25, -0.2) is 0 Å². The summed E-state index contributed by atoms with van der Waals surface area (Å²) < 4.78 is 21.8. The Hall–Kier alpha value is -0.240. The average Bonchev–Trinajstić information content (AvgIpc) is 2.45. The lowest BCUT2D eigenvalue weighted by atomic mass is 9.95. The highest BCUT2D eigenvalue weighted by Crippen LogP contribution is 2.25. The Morgan fingerprint density at radius 1 is 1.10 bits per heavy atom. The largest absolute Gasteiger partial charge is 0.394 e. The van der Waals surface area contributed by atoms with E-state index in [2.05, 4.69) is 6.92 Å². The van der Waals surface area contributed by atoms with E-state index in [0.29, 0.717) is 32.8 Å². The van der Waals surface area contributed by atoms with Crippen molar-refractivity contribution < 1.29 is 29.2 Å². The molecule has 0 amide bonds. The normalized spacial score (nSPS) is 30.6. The maximum atomic E-state index is 9.85. The van der Waals surface area contributed by atoms with Gasteiger partial charge in [-0.3, -0.25) is 0 Å². The van der Waals surface area contributed by atoms with Crippen LogP contribution in [-0.4, -0.2) is 68.4 Å². The van der Waals surface area contributed by atoms with E-state index in [9.17, 15) is 5.11 Å². The minimum absolute atomic E-state index is 0.102. The minimum Gasteiger partial charge on any atom is -0.394 e. The van der Waals surface area contributed by atoms with Crippen molar-refractivity contribution in [3.63, 3.8) is 0 Å². The zero-order valence-electron chi connectivity index (χ0n) is 12.5. The Labute approximate surface area is 121 Å². The Morgan fingerprint density at radius 2 is 1.75 bits per heavy atom. The van der Waals surface area contributed by atoms with E-state index in [1.165, 1.54) is 0 Å². The van der Waals surface area contributed by atoms with Crippen LogP contribution in [-0.2, 0) is 18.9 Å². The van der Waals surface area contributed by atoms with Gasteiger partial charge in [0.1, 0.15) is 0 Å². The smallest absolute Gasteiger partial charge is 0.163 e. The fourth-order valence-corrected chi connectivity index (χ4v) is 2.03. The van der Waals surface area contributed by atoms with Crippen LogP contribution in [0.15, 0.2) is 0 Å². The Bertz CT molecular complexity index is 238. The standard InChI is InChI=1S/C14H28O6/c1-3-4-17-5-6-18-7-8-19-14-11(2)13(16)9-12(10-15)20-14/h11-16H,3-10H2,1-2H3. The van der Waals surface area contributed by atoms with Crippen LogP contribution in [0.1, 0.15) is 26.7 Å². The van der Waals surface area contributed by atoms with Crippen molar-refractivity contribution in [3.05, 3.63) is 0 Å². The molecule has 0 aromatic rings. The van der Waals surface area contributed by atoms with E-state index >= 15 is 0 Å². The third kappa shape index (κ3) is 6.47. The van der Waals surface area contributed by atoms with E-state index in [1.54, 1.807) is 0 Å². The Balaban J connectivity index is 2.07. The second kappa shape index (κ2) is 10.5. The number of aliphatic hydroxyl groups excluding tert-OH is 2. The summed E-state index contributed by atoms with van der Waals surface area (Å²) in [5.41, 5.74) is 0. The van der Waals surface area contributed by atoms with Crippen molar-refractivity contribution in [1.82, 2.24) is 0 Å². The van der Waals surface area contributed by atoms with E-state index < -0.39 is 12.4 Å². The van der Waals surface area contributed by atoms with Crippen molar-refractivity contribution in [3.8, 4) is 0 Å². The van der Waals surface area contributed by atoms with Gasteiger partial charge in [0.05, 0.1) is 45.2 Å². The molecule has 1 rings (SSSR count). The van der Waals surface area contributed by atoms with Gasteiger partial charge in [0, 0.05) is 18.9 Å². The first-order valence-corrected chi connectivity index (χ1v) is 7.40. The highest BCUT2D eigenvalue weighted by molar-refractivity contribution is 4.78. The second-order valence-corrected chi connectivity index (χ2v) is 5.07. The van der Waals surface area contributed by atoms with Gasteiger partial charge >= 0.3 is 0 Å². The molecule has 0 radical (unpaired) electrons. The zero-order chi connectivity index (χ0) is 14.8. The summed E-state index contributed by atoms with van der Waals surface area (Å²) in [6, 6.07) is 0. The predicted octanol–water partition coefficient (Wildman–Crippen LogP) is 0.550. The minimum atomic E-state index is -0.505. The highest BCUT2D eigenvalue weighted by Gasteiger charge is 2.35. The number of aliphatic hydroxyl groups is 2. The molecule has 0 aromatic heterocycles. The van der Waals surface area contributed by atoms with Crippen LogP contribution >= 0.6 is 0 Å². The summed E-state index contributed by atoms with van der Waals surface area (Å²) in [4.78, 5) is 0. The third-order valence-electron chi connectivity index (χ3n) is 3.30. The van der Waals surface area contributed by atoms with Crippen LogP contribution in [0.4, 0.5) is 0 Å². The number of hydrogen-bond donors (Lipinski definition) is 2. The van der Waals surface area contributed by atoms with Crippen molar-refractivity contribution in [2.75, 3.05) is 39.6 Å². The first-order valence-electron chi connectivity index (χ1n) is 7.40. The fourth-order valence-electron chi connectivity index (χ4n) is 2.03. The lowest BCUT2D eigenvalue weighted by Crippen LogP contribution is -2.45. The molecule has 1 heterocycles. The first-order chi connectivity index (χ1) is 9.69. The van der Waals surface area contributed by atoms with Crippen molar-refractivity contribution in [1.29, 1.82) is 0 Å². The monoisotopic (exact) mass is 292 g/mol.